The van der Waals surface area contributed by atoms with Crippen LogP contribution in [0.3, 0.4) is 0 Å². The van der Waals surface area contributed by atoms with Gasteiger partial charge in [0.1, 0.15) is 5.75 Å². The van der Waals surface area contributed by atoms with E-state index >= 15 is 0 Å². The van der Waals surface area contributed by atoms with Crippen LogP contribution in [0.5, 0.6) is 5.75 Å². The highest BCUT2D eigenvalue weighted by Gasteiger charge is 2.19. The number of rotatable bonds is 6. The molecular weight excluding hydrogens is 242 g/mol. The van der Waals surface area contributed by atoms with Gasteiger partial charge >= 0.3 is 0 Å². The Morgan fingerprint density at radius 1 is 1.50 bits per heavy atom. The van der Waals surface area contributed by atoms with Crippen molar-refractivity contribution in [3.8, 4) is 5.75 Å². The molecule has 0 saturated heterocycles. The van der Waals surface area contributed by atoms with E-state index < -0.39 is 18.9 Å². The second-order valence-corrected chi connectivity index (χ2v) is 3.66. The molecule has 0 radical (unpaired) electrons. The summed E-state index contributed by atoms with van der Waals surface area (Å²) in [5, 5.41) is 0. The molecule has 2 N–H and O–H groups in total. The lowest BCUT2D eigenvalue weighted by atomic mass is 10.2. The van der Waals surface area contributed by atoms with Gasteiger partial charge in [0.05, 0.1) is 13.7 Å². The lowest BCUT2D eigenvalue weighted by Gasteiger charge is -2.21. The van der Waals surface area contributed by atoms with Crippen molar-refractivity contribution in [1.29, 1.82) is 0 Å². The second kappa shape index (κ2) is 6.90. The maximum absolute atomic E-state index is 12.4. The number of hydrogen-bond donors (Lipinski definition) is 1. The number of halogens is 2. The Labute approximate surface area is 104 Å². The Kier molecular flexibility index (Phi) is 5.51. The summed E-state index contributed by atoms with van der Waals surface area (Å²) in [5.74, 6) is 0.0326. The lowest BCUT2D eigenvalue weighted by molar-refractivity contribution is 0.0562. The molecule has 0 saturated carbocycles. The van der Waals surface area contributed by atoms with E-state index in [9.17, 15) is 13.6 Å². The Hall–Kier alpha value is -1.69. The minimum Gasteiger partial charge on any atom is -0.497 e. The van der Waals surface area contributed by atoms with E-state index in [-0.39, 0.29) is 13.1 Å². The van der Waals surface area contributed by atoms with Gasteiger partial charge in [-0.15, -0.1) is 0 Å². The Morgan fingerprint density at radius 2 is 2.22 bits per heavy atom. The van der Waals surface area contributed by atoms with Gasteiger partial charge in [0.25, 0.3) is 12.3 Å². The third-order valence-electron chi connectivity index (χ3n) is 2.36. The number of carbonyl (C=O) groups excluding carboxylic acids is 1. The van der Waals surface area contributed by atoms with Crippen molar-refractivity contribution < 1.29 is 18.3 Å². The molecule has 6 heteroatoms. The SMILES string of the molecule is COc1cccc(C(=O)N(CCN)CC(F)F)c1. The fraction of sp³-hybridized carbons (Fsp3) is 0.417. The number of nitrogens with zero attached hydrogens (tertiary/aromatic N) is 1. The van der Waals surface area contributed by atoms with Crippen LogP contribution in [0.2, 0.25) is 0 Å². The van der Waals surface area contributed by atoms with E-state index in [0.717, 1.165) is 4.90 Å². The van der Waals surface area contributed by atoms with Crippen LogP contribution in [0.4, 0.5) is 8.78 Å². The molecule has 0 spiro atoms. The number of methoxy groups -OCH3 is 1. The van der Waals surface area contributed by atoms with Crippen LogP contribution >= 0.6 is 0 Å². The first-order valence-corrected chi connectivity index (χ1v) is 5.50. The fourth-order valence-corrected chi connectivity index (χ4v) is 1.54. The van der Waals surface area contributed by atoms with E-state index in [1.165, 1.54) is 13.2 Å². The molecule has 0 aliphatic rings. The molecule has 0 aliphatic carbocycles. The zero-order chi connectivity index (χ0) is 13.5. The molecule has 18 heavy (non-hydrogen) atoms. The Morgan fingerprint density at radius 3 is 2.78 bits per heavy atom. The van der Waals surface area contributed by atoms with E-state index in [1.54, 1.807) is 18.2 Å². The summed E-state index contributed by atoms with van der Waals surface area (Å²) in [6, 6.07) is 6.38. The number of alkyl halides is 2. The normalized spacial score (nSPS) is 10.5. The standard InChI is InChI=1S/C12H16F2N2O2/c1-18-10-4-2-3-9(7-10)12(17)16(6-5-15)8-11(13)14/h2-4,7,11H,5-6,8,15H2,1H3. The Balaban J connectivity index is 2.86. The highest BCUT2D eigenvalue weighted by molar-refractivity contribution is 5.94. The first-order chi connectivity index (χ1) is 8.58. The van der Waals surface area contributed by atoms with E-state index in [2.05, 4.69) is 0 Å². The zero-order valence-electron chi connectivity index (χ0n) is 10.1. The van der Waals surface area contributed by atoms with Crippen LogP contribution in [0.15, 0.2) is 24.3 Å². The van der Waals surface area contributed by atoms with Crippen molar-refractivity contribution in [2.45, 2.75) is 6.43 Å². The van der Waals surface area contributed by atoms with Gasteiger partial charge in [-0.3, -0.25) is 4.79 Å². The first-order valence-electron chi connectivity index (χ1n) is 5.50. The summed E-state index contributed by atoms with van der Waals surface area (Å²) in [6.45, 7) is -0.379. The lowest BCUT2D eigenvalue weighted by Crippen LogP contribution is -2.38. The van der Waals surface area contributed by atoms with Gasteiger partial charge in [-0.05, 0) is 18.2 Å². The van der Waals surface area contributed by atoms with Crippen LogP contribution in [-0.4, -0.2) is 44.0 Å². The number of ether oxygens (including phenoxy) is 1. The summed E-state index contributed by atoms with van der Waals surface area (Å²) >= 11 is 0. The first kappa shape index (κ1) is 14.4. The molecule has 0 bridgehead atoms. The molecule has 1 rings (SSSR count). The highest BCUT2D eigenvalue weighted by atomic mass is 19.3. The quantitative estimate of drug-likeness (QED) is 0.838. The third kappa shape index (κ3) is 3.96. The smallest absolute Gasteiger partial charge is 0.255 e. The molecule has 0 fully saturated rings. The summed E-state index contributed by atoms with van der Waals surface area (Å²) in [6.07, 6.45) is -2.58. The van der Waals surface area contributed by atoms with Gasteiger partial charge in [0.2, 0.25) is 0 Å². The molecule has 1 aromatic carbocycles. The molecular formula is C12H16F2N2O2. The summed E-state index contributed by atoms with van der Waals surface area (Å²) in [5.41, 5.74) is 5.62. The molecule has 0 heterocycles. The van der Waals surface area contributed by atoms with Crippen LogP contribution in [0.1, 0.15) is 10.4 Å². The molecule has 0 unspecified atom stereocenters. The average molecular weight is 258 g/mol. The van der Waals surface area contributed by atoms with E-state index in [0.29, 0.717) is 11.3 Å². The van der Waals surface area contributed by atoms with Crippen molar-refractivity contribution >= 4 is 5.91 Å². The van der Waals surface area contributed by atoms with Crippen LogP contribution in [0.25, 0.3) is 0 Å². The topological polar surface area (TPSA) is 55.6 Å². The van der Waals surface area contributed by atoms with Crippen LogP contribution < -0.4 is 10.5 Å². The number of benzene rings is 1. The molecule has 4 nitrogen and oxygen atoms in total. The minimum absolute atomic E-state index is 0.0976. The largest absolute Gasteiger partial charge is 0.497 e. The van der Waals surface area contributed by atoms with Crippen molar-refractivity contribution in [2.75, 3.05) is 26.7 Å². The zero-order valence-corrected chi connectivity index (χ0v) is 10.1. The van der Waals surface area contributed by atoms with E-state index in [1.807, 2.05) is 0 Å². The predicted octanol–water partition coefficient (Wildman–Crippen LogP) is 1.36. The predicted molar refractivity (Wildman–Crippen MR) is 64.0 cm³/mol. The van der Waals surface area contributed by atoms with Crippen molar-refractivity contribution in [3.63, 3.8) is 0 Å². The molecule has 0 aliphatic heterocycles. The van der Waals surface area contributed by atoms with Crippen LogP contribution in [0, 0.1) is 0 Å². The van der Waals surface area contributed by atoms with Gasteiger partial charge in [-0.25, -0.2) is 8.78 Å². The van der Waals surface area contributed by atoms with Crippen molar-refractivity contribution in [3.05, 3.63) is 29.8 Å². The Bertz CT molecular complexity index is 399. The van der Waals surface area contributed by atoms with Gasteiger partial charge in [-0.1, -0.05) is 6.07 Å². The number of amides is 1. The second-order valence-electron chi connectivity index (χ2n) is 3.66. The monoisotopic (exact) mass is 258 g/mol. The van der Waals surface area contributed by atoms with Crippen LogP contribution in [-0.2, 0) is 0 Å². The molecule has 1 amide bonds. The average Bonchev–Trinajstić information content (AvgIpc) is 2.37. The summed E-state index contributed by atoms with van der Waals surface area (Å²) in [7, 11) is 1.47. The maximum atomic E-state index is 12.4. The maximum Gasteiger partial charge on any atom is 0.255 e. The van der Waals surface area contributed by atoms with Gasteiger partial charge in [0.15, 0.2) is 0 Å². The van der Waals surface area contributed by atoms with Gasteiger partial charge in [-0.2, -0.15) is 0 Å². The number of nitrogens with two attached hydrogens (primary N) is 1. The summed E-state index contributed by atoms with van der Waals surface area (Å²) in [4.78, 5) is 13.1. The number of carbonyl (C=O) groups is 1. The molecule has 0 atom stereocenters. The third-order valence-corrected chi connectivity index (χ3v) is 2.36. The van der Waals surface area contributed by atoms with E-state index in [4.69, 9.17) is 10.5 Å². The molecule has 0 aromatic heterocycles. The van der Waals surface area contributed by atoms with Crippen molar-refractivity contribution in [2.24, 2.45) is 5.73 Å². The highest BCUT2D eigenvalue weighted by Crippen LogP contribution is 2.15. The number of hydrogen-bond acceptors (Lipinski definition) is 3. The summed E-state index contributed by atoms with van der Waals surface area (Å²) < 4.78 is 29.7. The van der Waals surface area contributed by atoms with Crippen molar-refractivity contribution in [1.82, 2.24) is 4.90 Å². The molecule has 1 aromatic rings. The van der Waals surface area contributed by atoms with Gasteiger partial charge < -0.3 is 15.4 Å². The van der Waals surface area contributed by atoms with Gasteiger partial charge in [0, 0.05) is 18.7 Å². The fourth-order valence-electron chi connectivity index (χ4n) is 1.54. The molecule has 100 valence electrons. The minimum atomic E-state index is -2.58.